The number of ether oxygens (including phenoxy) is 1. The van der Waals surface area contributed by atoms with Crippen LogP contribution in [0.3, 0.4) is 0 Å². The summed E-state index contributed by atoms with van der Waals surface area (Å²) in [5.74, 6) is -0.564. The van der Waals surface area contributed by atoms with E-state index in [4.69, 9.17) is 0 Å². The van der Waals surface area contributed by atoms with Crippen molar-refractivity contribution in [2.75, 3.05) is 14.2 Å². The number of nitrogens with one attached hydrogen (secondary N) is 1. The van der Waals surface area contributed by atoms with E-state index in [0.29, 0.717) is 11.3 Å². The molecule has 0 atom stereocenters. The molecule has 0 spiro atoms. The first kappa shape index (κ1) is 16.2. The number of H-pyrrole nitrogens is 1. The summed E-state index contributed by atoms with van der Waals surface area (Å²) in [7, 11) is -1.00. The van der Waals surface area contributed by atoms with Gasteiger partial charge in [-0.25, -0.2) is 13.2 Å². The van der Waals surface area contributed by atoms with Crippen molar-refractivity contribution < 1.29 is 17.9 Å². The molecule has 0 aliphatic heterocycles. The summed E-state index contributed by atoms with van der Waals surface area (Å²) in [5, 5.41) is 6.50. The molecule has 0 saturated carbocycles. The van der Waals surface area contributed by atoms with Gasteiger partial charge in [0.05, 0.1) is 29.8 Å². The fourth-order valence-electron chi connectivity index (χ4n) is 2.09. The molecule has 7 nitrogen and oxygen atoms in total. The first-order valence-electron chi connectivity index (χ1n) is 6.50. The van der Waals surface area contributed by atoms with Gasteiger partial charge in [-0.1, -0.05) is 6.07 Å². The number of rotatable bonds is 5. The number of carbonyl (C=O) groups is 1. The van der Waals surface area contributed by atoms with Gasteiger partial charge in [0.1, 0.15) is 0 Å². The Kier molecular flexibility index (Phi) is 4.62. The SMILES string of the molecule is COC(=O)c1cccc(S(=O)(=O)N(C)Cc2ccn[nH]2)c1C. The Morgan fingerprint density at radius 3 is 2.68 bits per heavy atom. The van der Waals surface area contributed by atoms with Crippen molar-refractivity contribution in [1.29, 1.82) is 0 Å². The standard InChI is InChI=1S/C14H17N3O4S/c1-10-12(14(18)21-3)5-4-6-13(10)22(19,20)17(2)9-11-7-8-15-16-11/h4-8H,9H2,1-3H3,(H,15,16). The zero-order chi connectivity index (χ0) is 16.3. The minimum atomic E-state index is -3.73. The molecule has 0 bridgehead atoms. The Labute approximate surface area is 129 Å². The van der Waals surface area contributed by atoms with Gasteiger partial charge in [0, 0.05) is 13.2 Å². The number of hydrogen-bond acceptors (Lipinski definition) is 5. The largest absolute Gasteiger partial charge is 0.465 e. The molecule has 22 heavy (non-hydrogen) atoms. The topological polar surface area (TPSA) is 92.4 Å². The predicted molar refractivity (Wildman–Crippen MR) is 79.8 cm³/mol. The summed E-state index contributed by atoms with van der Waals surface area (Å²) < 4.78 is 31.2. The van der Waals surface area contributed by atoms with Crippen LogP contribution in [0.25, 0.3) is 0 Å². The van der Waals surface area contributed by atoms with Crippen LogP contribution in [0.5, 0.6) is 0 Å². The van der Waals surface area contributed by atoms with E-state index in [0.717, 1.165) is 0 Å². The van der Waals surface area contributed by atoms with E-state index in [1.807, 2.05) is 0 Å². The van der Waals surface area contributed by atoms with Gasteiger partial charge >= 0.3 is 5.97 Å². The molecule has 0 fully saturated rings. The minimum Gasteiger partial charge on any atom is -0.465 e. The Bertz CT molecular complexity index is 769. The van der Waals surface area contributed by atoms with Crippen LogP contribution in [-0.4, -0.2) is 43.0 Å². The Morgan fingerprint density at radius 2 is 2.09 bits per heavy atom. The number of carbonyl (C=O) groups excluding carboxylic acids is 1. The third kappa shape index (κ3) is 3.02. The maximum absolute atomic E-state index is 12.7. The number of methoxy groups -OCH3 is 1. The second-order valence-electron chi connectivity index (χ2n) is 4.76. The van der Waals surface area contributed by atoms with Crippen LogP contribution < -0.4 is 0 Å². The molecule has 0 unspecified atom stereocenters. The zero-order valence-electron chi connectivity index (χ0n) is 12.5. The molecule has 1 aromatic carbocycles. The lowest BCUT2D eigenvalue weighted by Gasteiger charge is -2.18. The van der Waals surface area contributed by atoms with Gasteiger partial charge in [-0.05, 0) is 30.7 Å². The number of nitrogens with zero attached hydrogens (tertiary/aromatic N) is 2. The highest BCUT2D eigenvalue weighted by atomic mass is 32.2. The van der Waals surface area contributed by atoms with E-state index in [2.05, 4.69) is 14.9 Å². The number of sulfonamides is 1. The van der Waals surface area contributed by atoms with Crippen LogP contribution in [0.2, 0.25) is 0 Å². The van der Waals surface area contributed by atoms with Gasteiger partial charge in [-0.2, -0.15) is 9.40 Å². The number of aromatic nitrogens is 2. The molecule has 8 heteroatoms. The molecule has 1 heterocycles. The van der Waals surface area contributed by atoms with Crippen molar-refractivity contribution in [3.63, 3.8) is 0 Å². The fraction of sp³-hybridized carbons (Fsp3) is 0.286. The predicted octanol–water partition coefficient (Wildman–Crippen LogP) is 1.33. The lowest BCUT2D eigenvalue weighted by Crippen LogP contribution is -2.27. The smallest absolute Gasteiger partial charge is 0.338 e. The summed E-state index contributed by atoms with van der Waals surface area (Å²) in [4.78, 5) is 11.8. The van der Waals surface area contributed by atoms with Gasteiger partial charge < -0.3 is 4.74 Å². The molecule has 0 amide bonds. The van der Waals surface area contributed by atoms with Crippen LogP contribution in [0.4, 0.5) is 0 Å². The van der Waals surface area contributed by atoms with Crippen molar-refractivity contribution >= 4 is 16.0 Å². The second kappa shape index (κ2) is 6.29. The van der Waals surface area contributed by atoms with E-state index in [1.165, 1.54) is 36.7 Å². The van der Waals surface area contributed by atoms with Gasteiger partial charge in [0.15, 0.2) is 0 Å². The van der Waals surface area contributed by atoms with Crippen molar-refractivity contribution in [3.05, 3.63) is 47.3 Å². The Hall–Kier alpha value is -2.19. The molecule has 118 valence electrons. The van der Waals surface area contributed by atoms with Crippen LogP contribution in [0.1, 0.15) is 21.6 Å². The maximum Gasteiger partial charge on any atom is 0.338 e. The highest BCUT2D eigenvalue weighted by molar-refractivity contribution is 7.89. The van der Waals surface area contributed by atoms with E-state index in [-0.39, 0.29) is 17.0 Å². The maximum atomic E-state index is 12.7. The average Bonchev–Trinajstić information content (AvgIpc) is 2.99. The Balaban J connectivity index is 2.39. The summed E-state index contributed by atoms with van der Waals surface area (Å²) in [6, 6.07) is 6.23. The first-order chi connectivity index (χ1) is 10.4. The van der Waals surface area contributed by atoms with Crippen molar-refractivity contribution in [2.24, 2.45) is 0 Å². The molecule has 1 aromatic heterocycles. The highest BCUT2D eigenvalue weighted by Gasteiger charge is 2.25. The number of benzene rings is 1. The molecule has 2 aromatic rings. The van der Waals surface area contributed by atoms with Crippen LogP contribution in [-0.2, 0) is 21.3 Å². The van der Waals surface area contributed by atoms with Gasteiger partial charge in [-0.15, -0.1) is 0 Å². The minimum absolute atomic E-state index is 0.0809. The number of hydrogen-bond donors (Lipinski definition) is 1. The lowest BCUT2D eigenvalue weighted by molar-refractivity contribution is 0.0599. The Morgan fingerprint density at radius 1 is 1.36 bits per heavy atom. The van der Waals surface area contributed by atoms with E-state index in [1.54, 1.807) is 19.2 Å². The second-order valence-corrected chi connectivity index (χ2v) is 6.78. The van der Waals surface area contributed by atoms with E-state index < -0.39 is 16.0 Å². The average molecular weight is 323 g/mol. The van der Waals surface area contributed by atoms with Crippen LogP contribution in [0.15, 0.2) is 35.4 Å². The molecular formula is C14H17N3O4S. The molecular weight excluding hydrogens is 306 g/mol. The monoisotopic (exact) mass is 323 g/mol. The summed E-state index contributed by atoms with van der Waals surface area (Å²) in [6.45, 7) is 1.74. The highest BCUT2D eigenvalue weighted by Crippen LogP contribution is 2.23. The van der Waals surface area contributed by atoms with Crippen molar-refractivity contribution in [3.8, 4) is 0 Å². The summed E-state index contributed by atoms with van der Waals surface area (Å²) in [5.41, 5.74) is 1.28. The molecule has 0 radical (unpaired) electrons. The fourth-order valence-corrected chi connectivity index (χ4v) is 3.48. The molecule has 0 aliphatic rings. The molecule has 2 rings (SSSR count). The third-order valence-electron chi connectivity index (χ3n) is 3.33. The number of esters is 1. The van der Waals surface area contributed by atoms with Crippen LogP contribution in [0, 0.1) is 6.92 Å². The summed E-state index contributed by atoms with van der Waals surface area (Å²) >= 11 is 0. The molecule has 0 saturated heterocycles. The van der Waals surface area contributed by atoms with Gasteiger partial charge in [-0.3, -0.25) is 5.10 Å². The van der Waals surface area contributed by atoms with Gasteiger partial charge in [0.2, 0.25) is 10.0 Å². The molecule has 0 aliphatic carbocycles. The number of aromatic amines is 1. The lowest BCUT2D eigenvalue weighted by atomic mass is 10.1. The van der Waals surface area contributed by atoms with Crippen molar-refractivity contribution in [2.45, 2.75) is 18.4 Å². The quantitative estimate of drug-likeness (QED) is 0.838. The summed E-state index contributed by atoms with van der Waals surface area (Å²) in [6.07, 6.45) is 1.55. The van der Waals surface area contributed by atoms with E-state index in [9.17, 15) is 13.2 Å². The third-order valence-corrected chi connectivity index (χ3v) is 5.28. The zero-order valence-corrected chi connectivity index (χ0v) is 13.3. The van der Waals surface area contributed by atoms with E-state index >= 15 is 0 Å². The first-order valence-corrected chi connectivity index (χ1v) is 7.94. The van der Waals surface area contributed by atoms with Crippen LogP contribution >= 0.6 is 0 Å². The molecule has 1 N–H and O–H groups in total. The van der Waals surface area contributed by atoms with Gasteiger partial charge in [0.25, 0.3) is 0 Å². The normalized spacial score (nSPS) is 11.6. The van der Waals surface area contributed by atoms with Crippen molar-refractivity contribution in [1.82, 2.24) is 14.5 Å².